The fourth-order valence-corrected chi connectivity index (χ4v) is 1.84. The molecular formula is C8H6Cl2N2OS. The van der Waals surface area contributed by atoms with Crippen molar-refractivity contribution in [2.75, 3.05) is 5.32 Å². The zero-order valence-electron chi connectivity index (χ0n) is 6.96. The van der Waals surface area contributed by atoms with E-state index in [1.165, 1.54) is 11.3 Å². The Morgan fingerprint density at radius 2 is 2.29 bits per heavy atom. The molecule has 2 rings (SSSR count). The first-order valence-electron chi connectivity index (χ1n) is 3.83. The van der Waals surface area contributed by atoms with E-state index in [4.69, 9.17) is 27.6 Å². The van der Waals surface area contributed by atoms with Gasteiger partial charge >= 0.3 is 0 Å². The lowest BCUT2D eigenvalue weighted by atomic mass is 10.4. The normalized spacial score (nSPS) is 10.4. The SMILES string of the molecule is Clc1ccc(CNc2csc(Cl)n2)o1. The molecule has 0 saturated heterocycles. The van der Waals surface area contributed by atoms with Crippen LogP contribution in [0.25, 0.3) is 0 Å². The molecule has 0 aliphatic carbocycles. The Bertz CT molecular complexity index is 386. The summed E-state index contributed by atoms with van der Waals surface area (Å²) in [6, 6.07) is 3.51. The molecule has 0 aromatic carbocycles. The number of furan rings is 1. The third kappa shape index (κ3) is 2.41. The number of anilines is 1. The number of nitrogens with zero attached hydrogens (tertiary/aromatic N) is 1. The minimum atomic E-state index is 0.387. The Labute approximate surface area is 94.7 Å². The second-order valence-electron chi connectivity index (χ2n) is 2.55. The molecule has 0 spiro atoms. The molecule has 0 fully saturated rings. The van der Waals surface area contributed by atoms with Crippen LogP contribution < -0.4 is 5.32 Å². The summed E-state index contributed by atoms with van der Waals surface area (Å²) in [5, 5.41) is 5.28. The quantitative estimate of drug-likeness (QED) is 0.902. The van der Waals surface area contributed by atoms with E-state index in [1.807, 2.05) is 11.4 Å². The lowest BCUT2D eigenvalue weighted by Gasteiger charge is -1.98. The van der Waals surface area contributed by atoms with Crippen molar-refractivity contribution in [2.45, 2.75) is 6.54 Å². The van der Waals surface area contributed by atoms with Gasteiger partial charge in [-0.25, -0.2) is 4.98 Å². The van der Waals surface area contributed by atoms with Gasteiger partial charge in [0.05, 0.1) is 6.54 Å². The van der Waals surface area contributed by atoms with E-state index in [0.29, 0.717) is 16.2 Å². The van der Waals surface area contributed by atoms with Crippen LogP contribution in [0.3, 0.4) is 0 Å². The molecule has 3 nitrogen and oxygen atoms in total. The third-order valence-electron chi connectivity index (χ3n) is 1.55. The highest BCUT2D eigenvalue weighted by Gasteiger charge is 2.01. The van der Waals surface area contributed by atoms with Gasteiger partial charge in [0.25, 0.3) is 0 Å². The van der Waals surface area contributed by atoms with Crippen molar-refractivity contribution in [3.63, 3.8) is 0 Å². The number of halogens is 2. The van der Waals surface area contributed by atoms with Crippen LogP contribution in [0, 0.1) is 0 Å². The van der Waals surface area contributed by atoms with Crippen LogP contribution in [-0.2, 0) is 6.54 Å². The largest absolute Gasteiger partial charge is 0.448 e. The van der Waals surface area contributed by atoms with E-state index < -0.39 is 0 Å². The minimum absolute atomic E-state index is 0.387. The molecule has 0 unspecified atom stereocenters. The highest BCUT2D eigenvalue weighted by molar-refractivity contribution is 7.14. The van der Waals surface area contributed by atoms with Gasteiger partial charge in [0, 0.05) is 5.38 Å². The summed E-state index contributed by atoms with van der Waals surface area (Å²) in [7, 11) is 0. The molecule has 0 radical (unpaired) electrons. The average molecular weight is 249 g/mol. The van der Waals surface area contributed by atoms with Gasteiger partial charge in [-0.3, -0.25) is 0 Å². The molecule has 0 aliphatic heterocycles. The smallest absolute Gasteiger partial charge is 0.193 e. The van der Waals surface area contributed by atoms with Crippen molar-refractivity contribution in [3.05, 3.63) is 33.0 Å². The lowest BCUT2D eigenvalue weighted by Crippen LogP contribution is -1.97. The highest BCUT2D eigenvalue weighted by Crippen LogP contribution is 2.20. The number of nitrogens with one attached hydrogen (secondary N) is 1. The molecule has 74 valence electrons. The van der Waals surface area contributed by atoms with E-state index in [-0.39, 0.29) is 0 Å². The molecular weight excluding hydrogens is 243 g/mol. The second kappa shape index (κ2) is 4.21. The molecule has 14 heavy (non-hydrogen) atoms. The third-order valence-corrected chi connectivity index (χ3v) is 2.73. The Morgan fingerprint density at radius 3 is 2.86 bits per heavy atom. The van der Waals surface area contributed by atoms with Crippen LogP contribution in [0.5, 0.6) is 0 Å². The van der Waals surface area contributed by atoms with Gasteiger partial charge in [0.15, 0.2) is 9.69 Å². The average Bonchev–Trinajstić information content (AvgIpc) is 2.72. The van der Waals surface area contributed by atoms with Crippen LogP contribution >= 0.6 is 34.5 Å². The van der Waals surface area contributed by atoms with Gasteiger partial charge < -0.3 is 9.73 Å². The summed E-state index contributed by atoms with van der Waals surface area (Å²) >= 11 is 12.7. The predicted molar refractivity (Wildman–Crippen MR) is 58.2 cm³/mol. The number of hydrogen-bond donors (Lipinski definition) is 1. The minimum Gasteiger partial charge on any atom is -0.448 e. The maximum Gasteiger partial charge on any atom is 0.193 e. The fourth-order valence-electron chi connectivity index (χ4n) is 0.957. The number of hydrogen-bond acceptors (Lipinski definition) is 4. The van der Waals surface area contributed by atoms with Crippen LogP contribution in [0.15, 0.2) is 21.9 Å². The number of thiazole rings is 1. The van der Waals surface area contributed by atoms with Gasteiger partial charge in [-0.1, -0.05) is 11.6 Å². The number of aromatic nitrogens is 1. The van der Waals surface area contributed by atoms with Crippen LogP contribution in [0.2, 0.25) is 9.69 Å². The summed E-state index contributed by atoms with van der Waals surface area (Å²) in [5.41, 5.74) is 0. The predicted octanol–water partition coefficient (Wildman–Crippen LogP) is 3.66. The number of rotatable bonds is 3. The Hall–Kier alpha value is -0.710. The van der Waals surface area contributed by atoms with Gasteiger partial charge in [0.2, 0.25) is 0 Å². The van der Waals surface area contributed by atoms with Crippen LogP contribution in [0.4, 0.5) is 5.82 Å². The van der Waals surface area contributed by atoms with E-state index in [9.17, 15) is 0 Å². The van der Waals surface area contributed by atoms with E-state index >= 15 is 0 Å². The van der Waals surface area contributed by atoms with Gasteiger partial charge in [-0.05, 0) is 23.7 Å². The Morgan fingerprint density at radius 1 is 1.43 bits per heavy atom. The topological polar surface area (TPSA) is 38.1 Å². The summed E-state index contributed by atoms with van der Waals surface area (Å²) in [6.07, 6.45) is 0. The maximum absolute atomic E-state index is 5.67. The van der Waals surface area contributed by atoms with Crippen molar-refractivity contribution < 1.29 is 4.42 Å². The zero-order chi connectivity index (χ0) is 9.97. The highest BCUT2D eigenvalue weighted by atomic mass is 35.5. The zero-order valence-corrected chi connectivity index (χ0v) is 9.29. The molecule has 0 saturated carbocycles. The Balaban J connectivity index is 1.94. The molecule has 2 heterocycles. The van der Waals surface area contributed by atoms with Gasteiger partial charge in [-0.15, -0.1) is 11.3 Å². The maximum atomic E-state index is 5.67. The van der Waals surface area contributed by atoms with Crippen molar-refractivity contribution in [2.24, 2.45) is 0 Å². The second-order valence-corrected chi connectivity index (χ2v) is 4.36. The summed E-state index contributed by atoms with van der Waals surface area (Å²) in [6.45, 7) is 0.548. The van der Waals surface area contributed by atoms with E-state index in [0.717, 1.165) is 11.6 Å². The van der Waals surface area contributed by atoms with Crippen molar-refractivity contribution in [1.29, 1.82) is 0 Å². The molecule has 6 heteroatoms. The van der Waals surface area contributed by atoms with Crippen LogP contribution in [-0.4, -0.2) is 4.98 Å². The first kappa shape index (κ1) is 9.83. The van der Waals surface area contributed by atoms with Crippen molar-refractivity contribution in [3.8, 4) is 0 Å². The fraction of sp³-hybridized carbons (Fsp3) is 0.125. The monoisotopic (exact) mass is 248 g/mol. The first-order valence-corrected chi connectivity index (χ1v) is 5.47. The van der Waals surface area contributed by atoms with Gasteiger partial charge in [0.1, 0.15) is 11.6 Å². The first-order chi connectivity index (χ1) is 6.74. The van der Waals surface area contributed by atoms with Gasteiger partial charge in [-0.2, -0.15) is 0 Å². The molecule has 0 bridgehead atoms. The summed E-state index contributed by atoms with van der Waals surface area (Å²) in [4.78, 5) is 4.03. The molecule has 2 aromatic heterocycles. The van der Waals surface area contributed by atoms with Crippen LogP contribution in [0.1, 0.15) is 5.76 Å². The molecule has 2 aromatic rings. The van der Waals surface area contributed by atoms with Crippen molar-refractivity contribution in [1.82, 2.24) is 4.98 Å². The molecule has 1 N–H and O–H groups in total. The molecule has 0 amide bonds. The molecule has 0 atom stereocenters. The van der Waals surface area contributed by atoms with Crippen molar-refractivity contribution >= 4 is 40.4 Å². The standard InChI is InChI=1S/C8H6Cl2N2OS/c9-6-2-1-5(13-6)3-11-7-4-14-8(10)12-7/h1-2,4,11H,3H2. The van der Waals surface area contributed by atoms with E-state index in [2.05, 4.69) is 10.3 Å². The molecule has 0 aliphatic rings. The summed E-state index contributed by atoms with van der Waals surface area (Å²) in [5.74, 6) is 1.51. The summed E-state index contributed by atoms with van der Waals surface area (Å²) < 4.78 is 5.68. The lowest BCUT2D eigenvalue weighted by molar-refractivity contribution is 0.520. The Kier molecular flexibility index (Phi) is 2.96. The van der Waals surface area contributed by atoms with E-state index in [1.54, 1.807) is 6.07 Å².